The molecule has 0 bridgehead atoms. The topological polar surface area (TPSA) is 127 Å². The maximum Gasteiger partial charge on any atom is 0.271 e. The van der Waals surface area contributed by atoms with Crippen LogP contribution in [0.5, 0.6) is 0 Å². The molecule has 0 aliphatic heterocycles. The Bertz CT molecular complexity index is 842. The van der Waals surface area contributed by atoms with Gasteiger partial charge in [-0.05, 0) is 12.1 Å². The Hall–Kier alpha value is -3.36. The van der Waals surface area contributed by atoms with Gasteiger partial charge >= 0.3 is 0 Å². The van der Waals surface area contributed by atoms with Gasteiger partial charge in [0.25, 0.3) is 11.5 Å². The third kappa shape index (κ3) is 2.87. The van der Waals surface area contributed by atoms with Crippen molar-refractivity contribution in [2.75, 3.05) is 0 Å². The summed E-state index contributed by atoms with van der Waals surface area (Å²) in [6.45, 7) is 0.0210. The average molecular weight is 298 g/mol. The molecule has 0 spiro atoms. The SMILES string of the molecule is O=C(NCc1nc(-c2ccc[nH]c2=O)no1)c1cnccn1. The van der Waals surface area contributed by atoms with E-state index < -0.39 is 5.91 Å². The van der Waals surface area contributed by atoms with Gasteiger partial charge in [0, 0.05) is 18.6 Å². The van der Waals surface area contributed by atoms with Crippen LogP contribution in [0.2, 0.25) is 0 Å². The lowest BCUT2D eigenvalue weighted by Crippen LogP contribution is -2.24. The number of aromatic nitrogens is 5. The van der Waals surface area contributed by atoms with Crippen molar-refractivity contribution in [3.05, 3.63) is 58.9 Å². The molecule has 0 unspecified atom stereocenters. The molecule has 0 radical (unpaired) electrons. The van der Waals surface area contributed by atoms with Crippen molar-refractivity contribution >= 4 is 5.91 Å². The number of amides is 1. The lowest BCUT2D eigenvalue weighted by Gasteiger charge is -1.99. The number of pyridine rings is 1. The summed E-state index contributed by atoms with van der Waals surface area (Å²) >= 11 is 0. The first-order chi connectivity index (χ1) is 10.7. The van der Waals surface area contributed by atoms with Gasteiger partial charge in [-0.15, -0.1) is 0 Å². The van der Waals surface area contributed by atoms with E-state index in [9.17, 15) is 9.59 Å². The van der Waals surface area contributed by atoms with Crippen LogP contribution in [-0.2, 0) is 6.54 Å². The monoisotopic (exact) mass is 298 g/mol. The normalized spacial score (nSPS) is 10.4. The molecule has 3 aromatic rings. The first-order valence-corrected chi connectivity index (χ1v) is 6.29. The molecule has 0 aromatic carbocycles. The predicted octanol–water partition coefficient (Wildman–Crippen LogP) is 0.145. The smallest absolute Gasteiger partial charge is 0.271 e. The van der Waals surface area contributed by atoms with Crippen LogP contribution >= 0.6 is 0 Å². The third-order valence-corrected chi connectivity index (χ3v) is 2.72. The number of hydrogen-bond acceptors (Lipinski definition) is 7. The number of rotatable bonds is 4. The van der Waals surface area contributed by atoms with E-state index in [2.05, 4.69) is 30.4 Å². The van der Waals surface area contributed by atoms with Crippen LogP contribution < -0.4 is 10.9 Å². The van der Waals surface area contributed by atoms with E-state index in [0.29, 0.717) is 0 Å². The molecule has 0 atom stereocenters. The summed E-state index contributed by atoms with van der Waals surface area (Å²) in [4.78, 5) is 37.7. The van der Waals surface area contributed by atoms with E-state index in [4.69, 9.17) is 4.52 Å². The molecular weight excluding hydrogens is 288 g/mol. The Morgan fingerprint density at radius 1 is 1.36 bits per heavy atom. The van der Waals surface area contributed by atoms with Gasteiger partial charge in [0.1, 0.15) is 5.69 Å². The van der Waals surface area contributed by atoms with Gasteiger partial charge in [-0.3, -0.25) is 14.6 Å². The second-order valence-corrected chi connectivity index (χ2v) is 4.20. The van der Waals surface area contributed by atoms with Gasteiger partial charge in [0.15, 0.2) is 0 Å². The maximum atomic E-state index is 11.8. The molecule has 0 saturated heterocycles. The molecule has 0 aliphatic carbocycles. The van der Waals surface area contributed by atoms with Crippen LogP contribution in [0.3, 0.4) is 0 Å². The molecule has 110 valence electrons. The number of carbonyl (C=O) groups is 1. The van der Waals surface area contributed by atoms with E-state index in [1.54, 1.807) is 12.1 Å². The number of nitrogens with zero attached hydrogens (tertiary/aromatic N) is 4. The highest BCUT2D eigenvalue weighted by Gasteiger charge is 2.13. The molecule has 9 heteroatoms. The molecule has 2 N–H and O–H groups in total. The molecule has 3 heterocycles. The Kier molecular flexibility index (Phi) is 3.69. The molecule has 1 amide bonds. The molecule has 3 rings (SSSR count). The average Bonchev–Trinajstić information content (AvgIpc) is 3.02. The van der Waals surface area contributed by atoms with Gasteiger partial charge < -0.3 is 14.8 Å². The number of carbonyl (C=O) groups excluding carboxylic acids is 1. The zero-order valence-corrected chi connectivity index (χ0v) is 11.2. The van der Waals surface area contributed by atoms with E-state index in [1.165, 1.54) is 24.8 Å². The zero-order chi connectivity index (χ0) is 15.4. The second kappa shape index (κ2) is 5.95. The van der Waals surface area contributed by atoms with Crippen LogP contribution in [0.1, 0.15) is 16.4 Å². The number of aromatic amines is 1. The molecule has 9 nitrogen and oxygen atoms in total. The highest BCUT2D eigenvalue weighted by atomic mass is 16.5. The second-order valence-electron chi connectivity index (χ2n) is 4.20. The van der Waals surface area contributed by atoms with Crippen LogP contribution in [0.4, 0.5) is 0 Å². The number of nitrogens with one attached hydrogen (secondary N) is 2. The molecule has 3 aromatic heterocycles. The van der Waals surface area contributed by atoms with Crippen molar-refractivity contribution < 1.29 is 9.32 Å². The largest absolute Gasteiger partial charge is 0.342 e. The lowest BCUT2D eigenvalue weighted by atomic mass is 10.3. The minimum atomic E-state index is -0.412. The fourth-order valence-electron chi connectivity index (χ4n) is 1.70. The summed E-state index contributed by atoms with van der Waals surface area (Å²) in [5.41, 5.74) is 0.151. The molecular formula is C13H10N6O3. The Morgan fingerprint density at radius 2 is 2.27 bits per heavy atom. The summed E-state index contributed by atoms with van der Waals surface area (Å²) in [6.07, 6.45) is 5.74. The zero-order valence-electron chi connectivity index (χ0n) is 11.2. The van der Waals surface area contributed by atoms with E-state index in [0.717, 1.165) is 0 Å². The van der Waals surface area contributed by atoms with Crippen LogP contribution in [0.25, 0.3) is 11.4 Å². The minimum Gasteiger partial charge on any atom is -0.342 e. The predicted molar refractivity (Wildman–Crippen MR) is 73.6 cm³/mol. The Morgan fingerprint density at radius 3 is 3.05 bits per heavy atom. The first-order valence-electron chi connectivity index (χ1n) is 6.29. The van der Waals surface area contributed by atoms with Crippen LogP contribution in [0, 0.1) is 0 Å². The van der Waals surface area contributed by atoms with Gasteiger partial charge in [-0.1, -0.05) is 5.16 Å². The van der Waals surface area contributed by atoms with Gasteiger partial charge in [0.2, 0.25) is 11.7 Å². The van der Waals surface area contributed by atoms with Crippen molar-refractivity contribution in [2.45, 2.75) is 6.54 Å². The summed E-state index contributed by atoms with van der Waals surface area (Å²) in [6, 6.07) is 3.23. The summed E-state index contributed by atoms with van der Waals surface area (Å²) < 4.78 is 5.00. The van der Waals surface area contributed by atoms with Gasteiger partial charge in [-0.25, -0.2) is 4.98 Å². The number of H-pyrrole nitrogens is 1. The summed E-state index contributed by atoms with van der Waals surface area (Å²) in [5.74, 6) is -0.0773. The highest BCUT2D eigenvalue weighted by Crippen LogP contribution is 2.09. The quantitative estimate of drug-likeness (QED) is 0.701. The van der Waals surface area contributed by atoms with E-state index in [-0.39, 0.29) is 35.1 Å². The minimum absolute atomic E-state index is 0.0210. The first kappa shape index (κ1) is 13.6. The van der Waals surface area contributed by atoms with Crippen molar-refractivity contribution in [3.63, 3.8) is 0 Å². The van der Waals surface area contributed by atoms with Crippen molar-refractivity contribution in [3.8, 4) is 11.4 Å². The van der Waals surface area contributed by atoms with Crippen molar-refractivity contribution in [1.29, 1.82) is 0 Å². The molecule has 22 heavy (non-hydrogen) atoms. The fourth-order valence-corrected chi connectivity index (χ4v) is 1.70. The molecule has 0 saturated carbocycles. The Labute approximate surface area is 123 Å². The van der Waals surface area contributed by atoms with Gasteiger partial charge in [-0.2, -0.15) is 4.98 Å². The molecule has 0 fully saturated rings. The summed E-state index contributed by atoms with van der Waals surface area (Å²) in [7, 11) is 0. The van der Waals surface area contributed by atoms with E-state index >= 15 is 0 Å². The van der Waals surface area contributed by atoms with Gasteiger partial charge in [0.05, 0.1) is 18.3 Å². The Balaban J connectivity index is 1.69. The van der Waals surface area contributed by atoms with Crippen LogP contribution in [-0.4, -0.2) is 31.0 Å². The van der Waals surface area contributed by atoms with Crippen molar-refractivity contribution in [2.24, 2.45) is 0 Å². The standard InChI is InChI=1S/C13H10N6O3/c20-12-8(2-1-3-16-12)11-18-10(22-19-11)7-17-13(21)9-6-14-4-5-15-9/h1-6H,7H2,(H,16,20)(H,17,21). The third-order valence-electron chi connectivity index (χ3n) is 2.72. The lowest BCUT2D eigenvalue weighted by molar-refractivity contribution is 0.0941. The highest BCUT2D eigenvalue weighted by molar-refractivity contribution is 5.91. The number of hydrogen-bond donors (Lipinski definition) is 2. The van der Waals surface area contributed by atoms with Crippen molar-refractivity contribution in [1.82, 2.24) is 30.4 Å². The summed E-state index contributed by atoms with van der Waals surface area (Å²) in [5, 5.41) is 6.28. The maximum absolute atomic E-state index is 11.8. The van der Waals surface area contributed by atoms with Crippen LogP contribution in [0.15, 0.2) is 46.2 Å². The van der Waals surface area contributed by atoms with E-state index in [1.807, 2.05) is 0 Å². The fraction of sp³-hybridized carbons (Fsp3) is 0.0769. The molecule has 0 aliphatic rings.